The monoisotopic (exact) mass is 243 g/mol. The van der Waals surface area contributed by atoms with Crippen molar-refractivity contribution in [1.82, 2.24) is 0 Å². The Labute approximate surface area is 106 Å². The third kappa shape index (κ3) is 2.80. The SMILES string of the molecule is C[Si](C)(C)[C]1[CH][CH][CH][C]1C(O)c1ccccc1. The molecular formula is C15H19OSi. The van der Waals surface area contributed by atoms with Crippen LogP contribution in [0.3, 0.4) is 0 Å². The van der Waals surface area contributed by atoms with Crippen LogP contribution in [0.5, 0.6) is 0 Å². The zero-order chi connectivity index (χ0) is 12.5. The highest BCUT2D eigenvalue weighted by molar-refractivity contribution is 6.82. The lowest BCUT2D eigenvalue weighted by Crippen LogP contribution is -2.35. The van der Waals surface area contributed by atoms with Gasteiger partial charge in [0, 0.05) is 5.92 Å². The molecule has 2 heteroatoms. The van der Waals surface area contributed by atoms with Crippen LogP contribution in [0.1, 0.15) is 11.7 Å². The minimum atomic E-state index is -1.38. The topological polar surface area (TPSA) is 20.2 Å². The van der Waals surface area contributed by atoms with Crippen molar-refractivity contribution in [1.29, 1.82) is 0 Å². The van der Waals surface area contributed by atoms with Crippen LogP contribution in [0.2, 0.25) is 19.6 Å². The summed E-state index contributed by atoms with van der Waals surface area (Å²) in [5.41, 5.74) is 2.33. The molecule has 1 atom stereocenters. The highest BCUT2D eigenvalue weighted by Crippen LogP contribution is 2.46. The zero-order valence-electron chi connectivity index (χ0n) is 10.6. The first kappa shape index (κ1) is 12.8. The maximum absolute atomic E-state index is 10.4. The van der Waals surface area contributed by atoms with Gasteiger partial charge in [0.25, 0.3) is 0 Å². The van der Waals surface area contributed by atoms with Crippen molar-refractivity contribution in [3.8, 4) is 0 Å². The summed E-state index contributed by atoms with van der Waals surface area (Å²) in [5, 5.41) is 10.4. The first-order valence-corrected chi connectivity index (χ1v) is 9.49. The Morgan fingerprint density at radius 2 is 1.65 bits per heavy atom. The van der Waals surface area contributed by atoms with Gasteiger partial charge < -0.3 is 5.11 Å². The molecule has 1 N–H and O–H groups in total. The van der Waals surface area contributed by atoms with Crippen LogP contribution in [0.15, 0.2) is 30.3 Å². The number of hydrogen-bond acceptors (Lipinski definition) is 1. The van der Waals surface area contributed by atoms with Gasteiger partial charge in [-0.1, -0.05) is 50.0 Å². The van der Waals surface area contributed by atoms with E-state index in [0.717, 1.165) is 11.5 Å². The van der Waals surface area contributed by atoms with Crippen LogP contribution in [0.4, 0.5) is 0 Å². The molecule has 5 radical (unpaired) electrons. The lowest BCUT2D eigenvalue weighted by molar-refractivity contribution is 0.199. The van der Waals surface area contributed by atoms with Crippen molar-refractivity contribution >= 4 is 8.07 Å². The van der Waals surface area contributed by atoms with Gasteiger partial charge in [0.15, 0.2) is 0 Å². The van der Waals surface area contributed by atoms with E-state index in [9.17, 15) is 5.11 Å². The summed E-state index contributed by atoms with van der Waals surface area (Å²) in [7, 11) is -1.38. The Balaban J connectivity index is 2.17. The highest BCUT2D eigenvalue weighted by Gasteiger charge is 2.42. The number of aliphatic hydroxyl groups excluding tert-OH is 1. The Bertz CT molecular complexity index is 355. The Morgan fingerprint density at radius 1 is 1.00 bits per heavy atom. The fourth-order valence-corrected chi connectivity index (χ4v) is 3.85. The third-order valence-electron chi connectivity index (χ3n) is 3.07. The van der Waals surface area contributed by atoms with E-state index in [4.69, 9.17) is 0 Å². The molecule has 17 heavy (non-hydrogen) atoms. The molecule has 89 valence electrons. The van der Waals surface area contributed by atoms with Crippen molar-refractivity contribution in [2.24, 2.45) is 0 Å². The lowest BCUT2D eigenvalue weighted by atomic mass is 9.94. The predicted molar refractivity (Wildman–Crippen MR) is 74.1 cm³/mol. The molecular weight excluding hydrogens is 224 g/mol. The van der Waals surface area contributed by atoms with Gasteiger partial charge in [0.1, 0.15) is 0 Å². The van der Waals surface area contributed by atoms with Crippen molar-refractivity contribution in [2.75, 3.05) is 0 Å². The molecule has 0 aromatic heterocycles. The van der Waals surface area contributed by atoms with Gasteiger partial charge in [-0.05, 0) is 30.4 Å². The quantitative estimate of drug-likeness (QED) is 0.807. The standard InChI is InChI=1S/C15H19OSi/c1-17(2,3)14-11-7-10-13(14)15(16)12-8-5-4-6-9-12/h4-11,15-16H,1-3H3. The normalized spacial score (nSPS) is 20.7. The largest absolute Gasteiger partial charge is 0.388 e. The number of hydrogen-bond donors (Lipinski definition) is 1. The van der Waals surface area contributed by atoms with Crippen molar-refractivity contribution in [3.63, 3.8) is 0 Å². The van der Waals surface area contributed by atoms with E-state index in [-0.39, 0.29) is 0 Å². The first-order chi connectivity index (χ1) is 8.00. The van der Waals surface area contributed by atoms with Gasteiger partial charge in [-0.15, -0.1) is 0 Å². The Morgan fingerprint density at radius 3 is 2.24 bits per heavy atom. The van der Waals surface area contributed by atoms with Crippen LogP contribution in [-0.2, 0) is 0 Å². The second kappa shape index (κ2) is 4.95. The van der Waals surface area contributed by atoms with Gasteiger partial charge in [-0.25, -0.2) is 0 Å². The fourth-order valence-electron chi connectivity index (χ4n) is 2.17. The molecule has 1 aromatic carbocycles. The number of aliphatic hydroxyl groups is 1. The maximum Gasteiger partial charge on any atom is 0.0858 e. The molecule has 0 spiro atoms. The van der Waals surface area contributed by atoms with E-state index in [1.165, 1.54) is 5.54 Å². The highest BCUT2D eigenvalue weighted by atomic mass is 28.3. The maximum atomic E-state index is 10.4. The lowest BCUT2D eigenvalue weighted by Gasteiger charge is -2.32. The molecule has 0 saturated heterocycles. The molecule has 2 rings (SSSR count). The minimum Gasteiger partial charge on any atom is -0.388 e. The molecule has 0 amide bonds. The van der Waals surface area contributed by atoms with E-state index in [1.54, 1.807) is 0 Å². The minimum absolute atomic E-state index is 0.493. The third-order valence-corrected chi connectivity index (χ3v) is 5.14. The molecule has 0 bridgehead atoms. The van der Waals surface area contributed by atoms with E-state index in [1.807, 2.05) is 36.8 Å². The van der Waals surface area contributed by atoms with Gasteiger partial charge in [-0.2, -0.15) is 0 Å². The van der Waals surface area contributed by atoms with Crippen molar-refractivity contribution in [2.45, 2.75) is 25.7 Å². The average Bonchev–Trinajstić information content (AvgIpc) is 2.78. The molecule has 0 aliphatic heterocycles. The summed E-state index contributed by atoms with van der Waals surface area (Å²) >= 11 is 0. The van der Waals surface area contributed by atoms with Crippen LogP contribution in [0.25, 0.3) is 0 Å². The summed E-state index contributed by atoms with van der Waals surface area (Å²) in [6.07, 6.45) is 5.77. The van der Waals surface area contributed by atoms with Crippen molar-refractivity contribution in [3.05, 3.63) is 66.6 Å². The van der Waals surface area contributed by atoms with E-state index in [0.29, 0.717) is 0 Å². The molecule has 1 aromatic rings. The Hall–Kier alpha value is -0.603. The second-order valence-corrected chi connectivity index (χ2v) is 10.5. The van der Waals surface area contributed by atoms with E-state index in [2.05, 4.69) is 32.5 Å². The second-order valence-electron chi connectivity index (χ2n) is 5.46. The predicted octanol–water partition coefficient (Wildman–Crippen LogP) is 3.37. The summed E-state index contributed by atoms with van der Waals surface area (Å²) in [4.78, 5) is 0. The molecule has 1 aliphatic rings. The summed E-state index contributed by atoms with van der Waals surface area (Å²) in [5.74, 6) is 1.08. The van der Waals surface area contributed by atoms with E-state index >= 15 is 0 Å². The van der Waals surface area contributed by atoms with Crippen LogP contribution < -0.4 is 0 Å². The first-order valence-electron chi connectivity index (χ1n) is 5.99. The van der Waals surface area contributed by atoms with Gasteiger partial charge in [0.2, 0.25) is 0 Å². The van der Waals surface area contributed by atoms with Gasteiger partial charge >= 0.3 is 0 Å². The van der Waals surface area contributed by atoms with Crippen LogP contribution in [0, 0.1) is 30.7 Å². The fraction of sp³-hybridized carbons (Fsp3) is 0.267. The molecule has 1 fully saturated rings. The van der Waals surface area contributed by atoms with Crippen molar-refractivity contribution < 1.29 is 5.11 Å². The molecule has 0 heterocycles. The molecule has 1 saturated carbocycles. The van der Waals surface area contributed by atoms with Crippen LogP contribution >= 0.6 is 0 Å². The average molecular weight is 243 g/mol. The van der Waals surface area contributed by atoms with Gasteiger partial charge in [0.05, 0.1) is 14.2 Å². The Kier molecular flexibility index (Phi) is 3.74. The summed E-state index contributed by atoms with van der Waals surface area (Å²) < 4.78 is 0. The van der Waals surface area contributed by atoms with Crippen LogP contribution in [-0.4, -0.2) is 13.2 Å². The summed E-state index contributed by atoms with van der Waals surface area (Å²) in [6, 6.07) is 9.86. The van der Waals surface area contributed by atoms with Gasteiger partial charge in [-0.3, -0.25) is 0 Å². The number of rotatable bonds is 3. The molecule has 1 unspecified atom stereocenters. The molecule has 1 nitrogen and oxygen atoms in total. The zero-order valence-corrected chi connectivity index (χ0v) is 11.6. The smallest absolute Gasteiger partial charge is 0.0858 e. The summed E-state index contributed by atoms with van der Waals surface area (Å²) in [6.45, 7) is 6.93. The van der Waals surface area contributed by atoms with E-state index < -0.39 is 14.2 Å². The number of benzene rings is 1. The molecule has 1 aliphatic carbocycles.